The molecule has 0 amide bonds. The molecule has 0 spiro atoms. The van der Waals surface area contributed by atoms with Crippen molar-refractivity contribution in [1.82, 2.24) is 0 Å². The Morgan fingerprint density at radius 3 is 1.38 bits per heavy atom. The Bertz CT molecular complexity index is 583. The molecule has 4 nitrogen and oxygen atoms in total. The van der Waals surface area contributed by atoms with Crippen LogP contribution < -0.4 is 0 Å². The minimum Gasteiger partial charge on any atom is -0.481 e. The summed E-state index contributed by atoms with van der Waals surface area (Å²) in [6.07, 6.45) is 38.6. The molecule has 0 fully saturated rings. The number of hydrogen-bond acceptors (Lipinski definition) is 3. The van der Waals surface area contributed by atoms with E-state index in [-0.39, 0.29) is 13.0 Å². The molecular formula is C35H64O4. The number of ether oxygens (including phenoxy) is 1. The molecule has 0 aliphatic heterocycles. The van der Waals surface area contributed by atoms with Crippen molar-refractivity contribution in [1.29, 1.82) is 0 Å². The van der Waals surface area contributed by atoms with Crippen molar-refractivity contribution in [2.75, 3.05) is 6.61 Å². The summed E-state index contributed by atoms with van der Waals surface area (Å²) in [5, 5.41) is 9.03. The molecule has 0 saturated carbocycles. The third-order valence-electron chi connectivity index (χ3n) is 7.67. The van der Waals surface area contributed by atoms with E-state index in [9.17, 15) is 9.59 Å². The molecular weight excluding hydrogens is 484 g/mol. The maximum atomic E-state index is 12.0. The Morgan fingerprint density at radius 2 is 1.03 bits per heavy atom. The van der Waals surface area contributed by atoms with E-state index in [1.54, 1.807) is 0 Å². The summed E-state index contributed by atoms with van der Waals surface area (Å²) in [5.41, 5.74) is 0. The van der Waals surface area contributed by atoms with Gasteiger partial charge in [0.05, 0.1) is 12.3 Å². The Labute approximate surface area is 242 Å². The van der Waals surface area contributed by atoms with E-state index in [1.807, 2.05) is 0 Å². The Morgan fingerprint density at radius 1 is 0.641 bits per heavy atom. The SMILES string of the molecule is C=CCOC(=O)C(CCCCCCCCCCCCCCCCCCCCCCCC/C=C/CC)CC(=O)O. The van der Waals surface area contributed by atoms with Crippen LogP contribution in [0.4, 0.5) is 0 Å². The van der Waals surface area contributed by atoms with Crippen LogP contribution in [-0.2, 0) is 14.3 Å². The van der Waals surface area contributed by atoms with E-state index >= 15 is 0 Å². The summed E-state index contributed by atoms with van der Waals surface area (Å²) in [7, 11) is 0. The number of esters is 1. The molecule has 1 N–H and O–H groups in total. The lowest BCUT2D eigenvalue weighted by Gasteiger charge is -2.13. The maximum Gasteiger partial charge on any atom is 0.309 e. The first-order chi connectivity index (χ1) is 19.1. The van der Waals surface area contributed by atoms with E-state index in [4.69, 9.17) is 9.84 Å². The highest BCUT2D eigenvalue weighted by Gasteiger charge is 2.22. The molecule has 0 heterocycles. The zero-order valence-electron chi connectivity index (χ0n) is 25.8. The van der Waals surface area contributed by atoms with Crippen LogP contribution >= 0.6 is 0 Å². The molecule has 0 saturated heterocycles. The first kappa shape index (κ1) is 37.4. The minimum absolute atomic E-state index is 0.145. The largest absolute Gasteiger partial charge is 0.481 e. The predicted molar refractivity (Wildman–Crippen MR) is 167 cm³/mol. The van der Waals surface area contributed by atoms with Gasteiger partial charge in [0, 0.05) is 0 Å². The summed E-state index contributed by atoms with van der Waals surface area (Å²) in [4.78, 5) is 23.0. The third-order valence-corrected chi connectivity index (χ3v) is 7.67. The fraction of sp³-hybridized carbons (Fsp3) is 0.829. The molecule has 0 aliphatic carbocycles. The van der Waals surface area contributed by atoms with Crippen molar-refractivity contribution in [3.05, 3.63) is 24.8 Å². The highest BCUT2D eigenvalue weighted by atomic mass is 16.5. The van der Waals surface area contributed by atoms with Gasteiger partial charge in [0.15, 0.2) is 0 Å². The molecule has 0 radical (unpaired) electrons. The second-order valence-electron chi connectivity index (χ2n) is 11.4. The van der Waals surface area contributed by atoms with Crippen molar-refractivity contribution < 1.29 is 19.4 Å². The summed E-state index contributed by atoms with van der Waals surface area (Å²) in [6, 6.07) is 0. The molecule has 0 aromatic carbocycles. The van der Waals surface area contributed by atoms with E-state index in [0.717, 1.165) is 12.8 Å². The Balaban J connectivity index is 3.31. The zero-order chi connectivity index (χ0) is 28.7. The highest BCUT2D eigenvalue weighted by molar-refractivity contribution is 5.79. The molecule has 39 heavy (non-hydrogen) atoms. The van der Waals surface area contributed by atoms with Crippen molar-refractivity contribution >= 4 is 11.9 Å². The second kappa shape index (κ2) is 31.0. The normalized spacial score (nSPS) is 12.1. The third kappa shape index (κ3) is 29.2. The lowest BCUT2D eigenvalue weighted by atomic mass is 9.97. The van der Waals surface area contributed by atoms with Crippen LogP contribution in [0, 0.1) is 5.92 Å². The van der Waals surface area contributed by atoms with Gasteiger partial charge in [-0.05, 0) is 25.7 Å². The second-order valence-corrected chi connectivity index (χ2v) is 11.4. The van der Waals surface area contributed by atoms with Crippen LogP contribution in [0.25, 0.3) is 0 Å². The van der Waals surface area contributed by atoms with Gasteiger partial charge in [-0.25, -0.2) is 0 Å². The number of carboxylic acid groups (broad SMARTS) is 1. The van der Waals surface area contributed by atoms with Gasteiger partial charge in [-0.1, -0.05) is 167 Å². The Kier molecular flexibility index (Phi) is 29.7. The van der Waals surface area contributed by atoms with Gasteiger partial charge in [-0.2, -0.15) is 0 Å². The topological polar surface area (TPSA) is 63.6 Å². The van der Waals surface area contributed by atoms with Gasteiger partial charge in [-0.3, -0.25) is 9.59 Å². The average molecular weight is 549 g/mol. The molecule has 0 aromatic heterocycles. The molecule has 4 heteroatoms. The molecule has 228 valence electrons. The molecule has 0 aromatic rings. The first-order valence-electron chi connectivity index (χ1n) is 16.8. The lowest BCUT2D eigenvalue weighted by Crippen LogP contribution is -2.21. The van der Waals surface area contributed by atoms with Crippen molar-refractivity contribution in [3.8, 4) is 0 Å². The van der Waals surface area contributed by atoms with Crippen LogP contribution in [0.5, 0.6) is 0 Å². The lowest BCUT2D eigenvalue weighted by molar-refractivity contribution is -0.152. The van der Waals surface area contributed by atoms with E-state index < -0.39 is 17.9 Å². The molecule has 0 rings (SSSR count). The van der Waals surface area contributed by atoms with Crippen molar-refractivity contribution in [3.63, 3.8) is 0 Å². The minimum atomic E-state index is -0.941. The van der Waals surface area contributed by atoms with E-state index in [0.29, 0.717) is 6.42 Å². The molecule has 0 bridgehead atoms. The average Bonchev–Trinajstić information content (AvgIpc) is 2.92. The molecule has 1 atom stereocenters. The fourth-order valence-corrected chi connectivity index (χ4v) is 5.25. The van der Waals surface area contributed by atoms with Crippen molar-refractivity contribution in [2.24, 2.45) is 5.92 Å². The number of unbranched alkanes of at least 4 members (excludes halogenated alkanes) is 22. The fourth-order valence-electron chi connectivity index (χ4n) is 5.25. The van der Waals surface area contributed by atoms with Crippen LogP contribution in [0.15, 0.2) is 24.8 Å². The predicted octanol–water partition coefficient (Wildman–Crippen LogP) is 11.1. The number of carbonyl (C=O) groups is 2. The maximum absolute atomic E-state index is 12.0. The first-order valence-corrected chi connectivity index (χ1v) is 16.8. The monoisotopic (exact) mass is 548 g/mol. The number of aliphatic carboxylic acids is 1. The van der Waals surface area contributed by atoms with Crippen molar-refractivity contribution in [2.45, 2.75) is 174 Å². The van der Waals surface area contributed by atoms with Crippen LogP contribution in [0.3, 0.4) is 0 Å². The standard InChI is InChI=1S/C35H64O4/c1-3-5-6-7-8-9-10-11-12-13-14-15-16-17-18-19-20-21-22-23-24-25-26-27-28-29-30-33(32-34(36)37)35(38)39-31-4-2/h4-6,33H,2-3,7-32H2,1H3,(H,36,37)/b6-5+. The smallest absolute Gasteiger partial charge is 0.309 e. The van der Waals surface area contributed by atoms with Gasteiger partial charge in [0.25, 0.3) is 0 Å². The van der Waals surface area contributed by atoms with Gasteiger partial charge in [0.2, 0.25) is 0 Å². The van der Waals surface area contributed by atoms with Crippen LogP contribution in [0.2, 0.25) is 0 Å². The van der Waals surface area contributed by atoms with Gasteiger partial charge < -0.3 is 9.84 Å². The molecule has 1 unspecified atom stereocenters. The summed E-state index contributed by atoms with van der Waals surface area (Å²) >= 11 is 0. The summed E-state index contributed by atoms with van der Waals surface area (Å²) in [6.45, 7) is 5.87. The zero-order valence-corrected chi connectivity index (χ0v) is 25.8. The Hall–Kier alpha value is -1.58. The number of allylic oxidation sites excluding steroid dienone is 2. The van der Waals surface area contributed by atoms with E-state index in [2.05, 4.69) is 25.7 Å². The van der Waals surface area contributed by atoms with Gasteiger partial charge in [-0.15, -0.1) is 0 Å². The molecule has 0 aliphatic rings. The van der Waals surface area contributed by atoms with Gasteiger partial charge in [0.1, 0.15) is 6.61 Å². The number of carbonyl (C=O) groups excluding carboxylic acids is 1. The highest BCUT2D eigenvalue weighted by Crippen LogP contribution is 2.18. The number of hydrogen-bond donors (Lipinski definition) is 1. The van der Waals surface area contributed by atoms with E-state index in [1.165, 1.54) is 147 Å². The van der Waals surface area contributed by atoms with Gasteiger partial charge >= 0.3 is 11.9 Å². The number of carboxylic acids is 1. The summed E-state index contributed by atoms with van der Waals surface area (Å²) < 4.78 is 5.04. The quantitative estimate of drug-likeness (QED) is 0.0531. The number of rotatable bonds is 31. The van der Waals surface area contributed by atoms with Crippen LogP contribution in [-0.4, -0.2) is 23.7 Å². The summed E-state index contributed by atoms with van der Waals surface area (Å²) in [5.74, 6) is -1.88. The van der Waals surface area contributed by atoms with Crippen LogP contribution in [0.1, 0.15) is 174 Å².